The van der Waals surface area contributed by atoms with Crippen molar-refractivity contribution < 1.29 is 4.79 Å². The molecule has 0 spiro atoms. The fourth-order valence-electron chi connectivity index (χ4n) is 1.60. The van der Waals surface area contributed by atoms with Crippen LogP contribution in [0.5, 0.6) is 0 Å². The van der Waals surface area contributed by atoms with E-state index in [9.17, 15) is 4.79 Å². The van der Waals surface area contributed by atoms with Gasteiger partial charge >= 0.3 is 0 Å². The number of hydrogen-bond donors (Lipinski definition) is 1. The number of allylic oxidation sites excluding steroid dienone is 1. The van der Waals surface area contributed by atoms with E-state index < -0.39 is 0 Å². The van der Waals surface area contributed by atoms with Gasteiger partial charge in [-0.2, -0.15) is 0 Å². The molecule has 0 aliphatic carbocycles. The minimum absolute atomic E-state index is 0.248. The van der Waals surface area contributed by atoms with Crippen molar-refractivity contribution in [1.82, 2.24) is 0 Å². The van der Waals surface area contributed by atoms with Gasteiger partial charge in [-0.15, -0.1) is 0 Å². The number of halogens is 4. The number of hydrogen-bond acceptors (Lipinski definition) is 2. The van der Waals surface area contributed by atoms with Crippen molar-refractivity contribution in [2.45, 2.75) is 0 Å². The average molecular weight is 361 g/mol. The molecule has 1 N–H and O–H groups in total. The quantitative estimate of drug-likeness (QED) is 0.526. The van der Waals surface area contributed by atoms with Crippen LogP contribution in [0.25, 0.3) is 0 Å². The lowest BCUT2D eigenvalue weighted by atomic mass is 10.1. The van der Waals surface area contributed by atoms with Gasteiger partial charge in [0, 0.05) is 22.9 Å². The molecule has 0 fully saturated rings. The summed E-state index contributed by atoms with van der Waals surface area (Å²) in [4.78, 5) is 12.0. The molecule has 2 aromatic rings. The summed E-state index contributed by atoms with van der Waals surface area (Å²) >= 11 is 23.7. The lowest BCUT2D eigenvalue weighted by molar-refractivity contribution is 0.104. The molecule has 0 unspecified atom stereocenters. The van der Waals surface area contributed by atoms with Gasteiger partial charge in [-0.3, -0.25) is 4.79 Å². The molecule has 0 radical (unpaired) electrons. The highest BCUT2D eigenvalue weighted by Crippen LogP contribution is 2.29. The van der Waals surface area contributed by atoms with Crippen LogP contribution in [0.2, 0.25) is 20.1 Å². The van der Waals surface area contributed by atoms with Crippen molar-refractivity contribution in [3.05, 3.63) is 74.3 Å². The van der Waals surface area contributed by atoms with E-state index in [1.54, 1.807) is 30.3 Å². The molecule has 2 aromatic carbocycles. The normalized spacial score (nSPS) is 10.9. The van der Waals surface area contributed by atoms with Crippen molar-refractivity contribution >= 4 is 57.9 Å². The predicted molar refractivity (Wildman–Crippen MR) is 90.0 cm³/mol. The number of carbonyl (C=O) groups excluding carboxylic acids is 1. The Morgan fingerprint density at radius 2 is 1.76 bits per heavy atom. The molecule has 0 atom stereocenters. The lowest BCUT2D eigenvalue weighted by Crippen LogP contribution is -1.97. The smallest absolute Gasteiger partial charge is 0.188 e. The van der Waals surface area contributed by atoms with Crippen LogP contribution >= 0.6 is 46.4 Å². The van der Waals surface area contributed by atoms with E-state index >= 15 is 0 Å². The predicted octanol–water partition coefficient (Wildman–Crippen LogP) is 6.11. The molecule has 0 aliphatic heterocycles. The second-order valence-corrected chi connectivity index (χ2v) is 5.70. The SMILES string of the molecule is O=C(/C=C/Nc1cccc(Cl)c1Cl)c1ccc(Cl)cc1Cl. The third kappa shape index (κ3) is 4.14. The van der Waals surface area contributed by atoms with Crippen LogP contribution in [0.3, 0.4) is 0 Å². The Morgan fingerprint density at radius 1 is 1.00 bits per heavy atom. The van der Waals surface area contributed by atoms with Crippen LogP contribution < -0.4 is 5.32 Å². The van der Waals surface area contributed by atoms with E-state index in [4.69, 9.17) is 46.4 Å². The summed E-state index contributed by atoms with van der Waals surface area (Å²) in [5.74, 6) is -0.248. The molecule has 6 heteroatoms. The van der Waals surface area contributed by atoms with E-state index in [2.05, 4.69) is 5.32 Å². The first-order chi connectivity index (χ1) is 9.99. The zero-order valence-electron chi connectivity index (χ0n) is 10.5. The summed E-state index contributed by atoms with van der Waals surface area (Å²) in [7, 11) is 0. The molecule has 0 amide bonds. The minimum atomic E-state index is -0.248. The molecule has 2 nitrogen and oxygen atoms in total. The zero-order chi connectivity index (χ0) is 15.4. The Hall–Kier alpha value is -1.19. The van der Waals surface area contributed by atoms with Crippen molar-refractivity contribution in [3.8, 4) is 0 Å². The second-order valence-electron chi connectivity index (χ2n) is 4.07. The molecular weight excluding hydrogens is 352 g/mol. The van der Waals surface area contributed by atoms with Crippen LogP contribution in [0.1, 0.15) is 10.4 Å². The Kier molecular flexibility index (Phi) is 5.54. The molecule has 21 heavy (non-hydrogen) atoms. The third-order valence-electron chi connectivity index (χ3n) is 2.62. The van der Waals surface area contributed by atoms with E-state index in [1.807, 2.05) is 0 Å². The fourth-order valence-corrected chi connectivity index (χ4v) is 2.46. The first-order valence-electron chi connectivity index (χ1n) is 5.85. The summed E-state index contributed by atoms with van der Waals surface area (Å²) in [5, 5.41) is 4.50. The number of nitrogens with one attached hydrogen (secondary N) is 1. The monoisotopic (exact) mass is 359 g/mol. The third-order valence-corrected chi connectivity index (χ3v) is 3.99. The van der Waals surface area contributed by atoms with E-state index in [0.717, 1.165) is 0 Å². The molecule has 2 rings (SSSR count). The highest BCUT2D eigenvalue weighted by Gasteiger charge is 2.08. The van der Waals surface area contributed by atoms with Gasteiger partial charge in [-0.25, -0.2) is 0 Å². The molecule has 0 aromatic heterocycles. The minimum Gasteiger partial charge on any atom is -0.360 e. The van der Waals surface area contributed by atoms with Gasteiger partial charge in [0.05, 0.1) is 20.8 Å². The summed E-state index contributed by atoms with van der Waals surface area (Å²) in [6, 6.07) is 9.88. The summed E-state index contributed by atoms with van der Waals surface area (Å²) in [6.45, 7) is 0. The topological polar surface area (TPSA) is 29.1 Å². The number of rotatable bonds is 4. The van der Waals surface area contributed by atoms with Gasteiger partial charge in [-0.1, -0.05) is 52.5 Å². The Balaban J connectivity index is 2.11. The first-order valence-corrected chi connectivity index (χ1v) is 7.36. The standard InChI is InChI=1S/C15H9Cl4NO/c16-9-4-5-10(12(18)8-9)14(21)6-7-20-13-3-1-2-11(17)15(13)19/h1-8,20H/b7-6+. The van der Waals surface area contributed by atoms with E-state index in [1.165, 1.54) is 18.3 Å². The molecule has 0 aliphatic rings. The van der Waals surface area contributed by atoms with Crippen molar-refractivity contribution in [2.75, 3.05) is 5.32 Å². The van der Waals surface area contributed by atoms with Crippen LogP contribution in [-0.4, -0.2) is 5.78 Å². The van der Waals surface area contributed by atoms with Crippen LogP contribution in [-0.2, 0) is 0 Å². The highest BCUT2D eigenvalue weighted by atomic mass is 35.5. The zero-order valence-corrected chi connectivity index (χ0v) is 13.6. The first kappa shape index (κ1) is 16.2. The van der Waals surface area contributed by atoms with Gasteiger partial charge in [0.15, 0.2) is 5.78 Å². The summed E-state index contributed by atoms with van der Waals surface area (Å²) in [5.41, 5.74) is 0.978. The largest absolute Gasteiger partial charge is 0.360 e. The van der Waals surface area contributed by atoms with Crippen LogP contribution in [0.4, 0.5) is 5.69 Å². The van der Waals surface area contributed by atoms with Crippen LogP contribution in [0.15, 0.2) is 48.7 Å². The molecule has 0 saturated heterocycles. The fraction of sp³-hybridized carbons (Fsp3) is 0. The number of anilines is 1. The van der Waals surface area contributed by atoms with Crippen molar-refractivity contribution in [2.24, 2.45) is 0 Å². The lowest BCUT2D eigenvalue weighted by Gasteiger charge is -2.05. The van der Waals surface area contributed by atoms with Gasteiger partial charge in [0.1, 0.15) is 0 Å². The maximum Gasteiger partial charge on any atom is 0.188 e. The molecule has 108 valence electrons. The van der Waals surface area contributed by atoms with Gasteiger partial charge < -0.3 is 5.32 Å². The molecular formula is C15H9Cl4NO. The maximum atomic E-state index is 12.0. The Labute approximate surface area is 142 Å². The summed E-state index contributed by atoms with van der Waals surface area (Å²) < 4.78 is 0. The van der Waals surface area contributed by atoms with Gasteiger partial charge in [-0.05, 0) is 30.3 Å². The molecule has 0 bridgehead atoms. The van der Waals surface area contributed by atoms with Crippen molar-refractivity contribution in [1.29, 1.82) is 0 Å². The maximum absolute atomic E-state index is 12.0. The second kappa shape index (κ2) is 7.19. The molecule has 0 heterocycles. The number of carbonyl (C=O) groups is 1. The molecule has 0 saturated carbocycles. The van der Waals surface area contributed by atoms with E-state index in [0.29, 0.717) is 31.3 Å². The number of ketones is 1. The van der Waals surface area contributed by atoms with Gasteiger partial charge in [0.25, 0.3) is 0 Å². The van der Waals surface area contributed by atoms with Gasteiger partial charge in [0.2, 0.25) is 0 Å². The average Bonchev–Trinajstić information content (AvgIpc) is 2.43. The Morgan fingerprint density at radius 3 is 2.48 bits per heavy atom. The van der Waals surface area contributed by atoms with E-state index in [-0.39, 0.29) is 5.78 Å². The van der Waals surface area contributed by atoms with Crippen molar-refractivity contribution in [3.63, 3.8) is 0 Å². The number of benzene rings is 2. The van der Waals surface area contributed by atoms with Crippen LogP contribution in [0, 0.1) is 0 Å². The highest BCUT2D eigenvalue weighted by molar-refractivity contribution is 6.43. The Bertz CT molecular complexity index is 713. The summed E-state index contributed by atoms with van der Waals surface area (Å²) in [6.07, 6.45) is 2.83.